The molecular weight excluding hydrogens is 446 g/mol. The van der Waals surface area contributed by atoms with Gasteiger partial charge < -0.3 is 19.3 Å². The molecule has 188 valence electrons. The van der Waals surface area contributed by atoms with Crippen LogP contribution in [-0.4, -0.2) is 75.1 Å². The van der Waals surface area contributed by atoms with E-state index in [1.807, 2.05) is 0 Å². The van der Waals surface area contributed by atoms with Gasteiger partial charge >= 0.3 is 6.03 Å². The second kappa shape index (κ2) is 11.6. The number of nitrogens with zero attached hydrogens (tertiary/aromatic N) is 2. The van der Waals surface area contributed by atoms with Crippen LogP contribution in [0.3, 0.4) is 0 Å². The Morgan fingerprint density at radius 1 is 1.21 bits per heavy atom. The van der Waals surface area contributed by atoms with Crippen molar-refractivity contribution in [3.63, 3.8) is 0 Å². The van der Waals surface area contributed by atoms with Crippen molar-refractivity contribution in [1.29, 1.82) is 5.41 Å². The molecule has 34 heavy (non-hydrogen) atoms. The molecule has 2 N–H and O–H groups in total. The Morgan fingerprint density at radius 2 is 1.85 bits per heavy atom. The maximum absolute atomic E-state index is 14.3. The average Bonchev–Trinajstić information content (AvgIpc) is 3.55. The van der Waals surface area contributed by atoms with E-state index in [9.17, 15) is 18.4 Å². The summed E-state index contributed by atoms with van der Waals surface area (Å²) >= 11 is 0. The second-order valence-corrected chi connectivity index (χ2v) is 9.29. The molecule has 1 aromatic rings. The number of likely N-dealkylation sites (N-methyl/N-ethyl adjacent to an activating group) is 1. The van der Waals surface area contributed by atoms with Crippen LogP contribution >= 0.6 is 0 Å². The van der Waals surface area contributed by atoms with Gasteiger partial charge in [0.15, 0.2) is 0 Å². The van der Waals surface area contributed by atoms with Gasteiger partial charge in [-0.05, 0) is 43.4 Å². The Labute approximate surface area is 199 Å². The molecule has 0 spiro atoms. The molecule has 10 heteroatoms. The van der Waals surface area contributed by atoms with Gasteiger partial charge in [0.25, 0.3) is 0 Å². The molecule has 1 saturated carbocycles. The summed E-state index contributed by atoms with van der Waals surface area (Å²) in [4.78, 5) is 27.0. The number of rotatable bonds is 9. The lowest BCUT2D eigenvalue weighted by atomic mass is 9.90. The van der Waals surface area contributed by atoms with Gasteiger partial charge in [0, 0.05) is 52.0 Å². The number of hydrogen-bond donors (Lipinski definition) is 2. The average molecular weight is 481 g/mol. The number of ether oxygens (including phenoxy) is 2. The zero-order valence-electron chi connectivity index (χ0n) is 20.0. The molecule has 1 heterocycles. The van der Waals surface area contributed by atoms with Crippen molar-refractivity contribution in [3.8, 4) is 5.75 Å². The van der Waals surface area contributed by atoms with Crippen LogP contribution in [0.25, 0.3) is 0 Å². The number of nitrogens with one attached hydrogen (secondary N) is 2. The first-order chi connectivity index (χ1) is 16.2. The van der Waals surface area contributed by atoms with Crippen molar-refractivity contribution < 1.29 is 27.8 Å². The quantitative estimate of drug-likeness (QED) is 0.420. The fraction of sp³-hybridized carbons (Fsp3) is 0.625. The SMILES string of the molecule is COCC(=N)NC(=O)N1CCC([C@H]2C[C@H]2CCOc2cc(F)c(CC(=O)N(C)C)c(F)c2)CC1. The fourth-order valence-electron chi connectivity index (χ4n) is 4.57. The monoisotopic (exact) mass is 480 g/mol. The molecule has 3 amide bonds. The third-order valence-electron chi connectivity index (χ3n) is 6.65. The number of urea groups is 1. The molecule has 1 aliphatic carbocycles. The van der Waals surface area contributed by atoms with Crippen molar-refractivity contribution in [1.82, 2.24) is 15.1 Å². The molecule has 8 nitrogen and oxygen atoms in total. The number of halogens is 2. The minimum absolute atomic E-state index is 0.0494. The van der Waals surface area contributed by atoms with Crippen LogP contribution in [0.15, 0.2) is 12.1 Å². The van der Waals surface area contributed by atoms with Crippen LogP contribution in [0.4, 0.5) is 13.6 Å². The summed E-state index contributed by atoms with van der Waals surface area (Å²) in [5, 5.41) is 10.2. The summed E-state index contributed by atoms with van der Waals surface area (Å²) < 4.78 is 39.0. The van der Waals surface area contributed by atoms with E-state index in [0.717, 1.165) is 37.8 Å². The van der Waals surface area contributed by atoms with Gasteiger partial charge in [-0.1, -0.05) is 0 Å². The van der Waals surface area contributed by atoms with E-state index >= 15 is 0 Å². The first-order valence-electron chi connectivity index (χ1n) is 11.6. The molecule has 2 atom stereocenters. The third kappa shape index (κ3) is 6.88. The summed E-state index contributed by atoms with van der Waals surface area (Å²) in [5.41, 5.74) is -0.246. The van der Waals surface area contributed by atoms with Crippen LogP contribution < -0.4 is 10.1 Å². The number of methoxy groups -OCH3 is 1. The molecule has 1 aromatic carbocycles. The maximum Gasteiger partial charge on any atom is 0.322 e. The lowest BCUT2D eigenvalue weighted by Crippen LogP contribution is -2.47. The molecule has 2 aliphatic rings. The molecule has 1 saturated heterocycles. The van der Waals surface area contributed by atoms with Gasteiger partial charge in [0.05, 0.1) is 13.0 Å². The van der Waals surface area contributed by atoms with E-state index in [1.54, 1.807) is 4.90 Å². The summed E-state index contributed by atoms with van der Waals surface area (Å²) in [6, 6.07) is 2.02. The highest BCUT2D eigenvalue weighted by molar-refractivity contribution is 5.96. The fourth-order valence-corrected chi connectivity index (χ4v) is 4.57. The van der Waals surface area contributed by atoms with E-state index in [0.29, 0.717) is 37.5 Å². The Morgan fingerprint density at radius 3 is 2.44 bits per heavy atom. The van der Waals surface area contributed by atoms with Crippen molar-refractivity contribution in [2.24, 2.45) is 17.8 Å². The summed E-state index contributed by atoms with van der Waals surface area (Å²) in [5.74, 6) is -0.0789. The van der Waals surface area contributed by atoms with Gasteiger partial charge in [0.1, 0.15) is 29.8 Å². The lowest BCUT2D eigenvalue weighted by molar-refractivity contribution is -0.128. The molecule has 0 radical (unpaired) electrons. The Hall–Kier alpha value is -2.75. The van der Waals surface area contributed by atoms with Gasteiger partial charge in [-0.25, -0.2) is 13.6 Å². The first kappa shape index (κ1) is 25.9. The molecule has 0 aromatic heterocycles. The lowest BCUT2D eigenvalue weighted by Gasteiger charge is -2.32. The summed E-state index contributed by atoms with van der Waals surface area (Å²) in [6.07, 6.45) is 3.44. The minimum atomic E-state index is -0.775. The van der Waals surface area contributed by atoms with Crippen molar-refractivity contribution in [2.75, 3.05) is 47.5 Å². The predicted octanol–water partition coefficient (Wildman–Crippen LogP) is 3.05. The largest absolute Gasteiger partial charge is 0.493 e. The molecule has 0 bridgehead atoms. The number of carbonyl (C=O) groups is 2. The number of carbonyl (C=O) groups excluding carboxylic acids is 2. The normalized spacial score (nSPS) is 20.1. The smallest absolute Gasteiger partial charge is 0.322 e. The van der Waals surface area contributed by atoms with E-state index < -0.39 is 11.6 Å². The van der Waals surface area contributed by atoms with E-state index in [1.165, 1.54) is 26.1 Å². The Balaban J connectivity index is 1.38. The van der Waals surface area contributed by atoms with Gasteiger partial charge in [-0.3, -0.25) is 15.5 Å². The van der Waals surface area contributed by atoms with Crippen LogP contribution in [0.1, 0.15) is 31.2 Å². The highest BCUT2D eigenvalue weighted by atomic mass is 19.1. The zero-order chi connectivity index (χ0) is 24.8. The second-order valence-electron chi connectivity index (χ2n) is 9.29. The number of hydrogen-bond acceptors (Lipinski definition) is 5. The first-order valence-corrected chi connectivity index (χ1v) is 11.6. The molecule has 2 fully saturated rings. The molecule has 0 unspecified atom stereocenters. The van der Waals surface area contributed by atoms with Gasteiger partial charge in [-0.15, -0.1) is 0 Å². The maximum atomic E-state index is 14.3. The van der Waals surface area contributed by atoms with Crippen molar-refractivity contribution in [3.05, 3.63) is 29.3 Å². The Kier molecular flexibility index (Phi) is 8.82. The predicted molar refractivity (Wildman–Crippen MR) is 123 cm³/mol. The summed E-state index contributed by atoms with van der Waals surface area (Å²) in [7, 11) is 4.56. The third-order valence-corrected chi connectivity index (χ3v) is 6.65. The van der Waals surface area contributed by atoms with Crippen LogP contribution in [0.5, 0.6) is 5.75 Å². The van der Waals surface area contributed by atoms with Crippen LogP contribution in [0.2, 0.25) is 0 Å². The van der Waals surface area contributed by atoms with E-state index in [-0.39, 0.29) is 42.1 Å². The molecular formula is C24H34F2N4O4. The van der Waals surface area contributed by atoms with Gasteiger partial charge in [-0.2, -0.15) is 0 Å². The highest BCUT2D eigenvalue weighted by Gasteiger charge is 2.43. The number of amides is 3. The van der Waals surface area contributed by atoms with Crippen molar-refractivity contribution >= 4 is 17.8 Å². The number of likely N-dealkylation sites (tertiary alicyclic amines) is 1. The highest BCUT2D eigenvalue weighted by Crippen LogP contribution is 2.49. The summed E-state index contributed by atoms with van der Waals surface area (Å²) in [6.45, 7) is 1.78. The van der Waals surface area contributed by atoms with Crippen LogP contribution in [-0.2, 0) is 16.0 Å². The Bertz CT molecular complexity index is 880. The number of benzene rings is 1. The number of piperidine rings is 1. The molecule has 3 rings (SSSR count). The van der Waals surface area contributed by atoms with Gasteiger partial charge in [0.2, 0.25) is 5.91 Å². The minimum Gasteiger partial charge on any atom is -0.493 e. The zero-order valence-corrected chi connectivity index (χ0v) is 20.0. The van der Waals surface area contributed by atoms with Crippen LogP contribution in [0, 0.1) is 34.8 Å². The topological polar surface area (TPSA) is 95.0 Å². The number of amidine groups is 1. The van der Waals surface area contributed by atoms with Crippen molar-refractivity contribution in [2.45, 2.75) is 32.1 Å². The standard InChI is InChI=1S/C24H34F2N4O4/c1-29(2)23(31)13-19-20(25)11-17(12-21(19)26)34-9-6-16-10-18(16)15-4-7-30(8-5-15)24(32)28-22(27)14-33-3/h11-12,15-16,18H,4-10,13-14H2,1-3H3,(H2,27,28,32)/t16-,18-/m1/s1. The molecule has 1 aliphatic heterocycles. The van der Waals surface area contributed by atoms with E-state index in [4.69, 9.17) is 14.9 Å². The van der Waals surface area contributed by atoms with E-state index in [2.05, 4.69) is 5.32 Å².